The van der Waals surface area contributed by atoms with Crippen LogP contribution >= 0.6 is 0 Å². The molecule has 2 heteroatoms. The van der Waals surface area contributed by atoms with Gasteiger partial charge in [0.2, 0.25) is 0 Å². The standard InChI is InChI=1S/C15H26N2/c1-4-10-17(11-5-2)15-7-6-14(8-9-16)13(3)12-15/h6-7,12H,4-5,8-11,16H2,1-3H3. The largest absolute Gasteiger partial charge is 0.372 e. The van der Waals surface area contributed by atoms with Gasteiger partial charge < -0.3 is 10.6 Å². The summed E-state index contributed by atoms with van der Waals surface area (Å²) in [6.45, 7) is 9.67. The monoisotopic (exact) mass is 234 g/mol. The molecule has 1 rings (SSSR count). The highest BCUT2D eigenvalue weighted by atomic mass is 15.1. The number of aryl methyl sites for hydroxylation is 1. The second kappa shape index (κ2) is 7.33. The van der Waals surface area contributed by atoms with Gasteiger partial charge in [-0.05, 0) is 56.0 Å². The van der Waals surface area contributed by atoms with E-state index in [-0.39, 0.29) is 0 Å². The number of benzene rings is 1. The van der Waals surface area contributed by atoms with Crippen LogP contribution in [0.1, 0.15) is 37.8 Å². The summed E-state index contributed by atoms with van der Waals surface area (Å²) in [6.07, 6.45) is 3.38. The van der Waals surface area contributed by atoms with E-state index in [1.54, 1.807) is 0 Å². The molecule has 0 amide bonds. The number of hydrogen-bond donors (Lipinski definition) is 1. The van der Waals surface area contributed by atoms with E-state index in [4.69, 9.17) is 5.73 Å². The van der Waals surface area contributed by atoms with Gasteiger partial charge in [-0.25, -0.2) is 0 Å². The maximum absolute atomic E-state index is 5.61. The first kappa shape index (κ1) is 14.0. The molecule has 0 heterocycles. The van der Waals surface area contributed by atoms with Crippen molar-refractivity contribution >= 4 is 5.69 Å². The molecular weight excluding hydrogens is 208 g/mol. The Hall–Kier alpha value is -1.02. The van der Waals surface area contributed by atoms with Gasteiger partial charge in [-0.1, -0.05) is 19.9 Å². The van der Waals surface area contributed by atoms with Gasteiger partial charge >= 0.3 is 0 Å². The summed E-state index contributed by atoms with van der Waals surface area (Å²) >= 11 is 0. The van der Waals surface area contributed by atoms with Crippen LogP contribution in [0.3, 0.4) is 0 Å². The van der Waals surface area contributed by atoms with Crippen molar-refractivity contribution in [3.8, 4) is 0 Å². The minimum absolute atomic E-state index is 0.730. The fourth-order valence-corrected chi connectivity index (χ4v) is 2.22. The summed E-state index contributed by atoms with van der Waals surface area (Å²) in [5.74, 6) is 0. The lowest BCUT2D eigenvalue weighted by atomic mass is 10.0. The third kappa shape index (κ3) is 4.04. The van der Waals surface area contributed by atoms with Crippen LogP contribution in [0.15, 0.2) is 18.2 Å². The summed E-state index contributed by atoms with van der Waals surface area (Å²) in [7, 11) is 0. The molecular formula is C15H26N2. The first-order valence-electron chi connectivity index (χ1n) is 6.77. The van der Waals surface area contributed by atoms with Crippen molar-refractivity contribution in [3.05, 3.63) is 29.3 Å². The fraction of sp³-hybridized carbons (Fsp3) is 0.600. The van der Waals surface area contributed by atoms with E-state index < -0.39 is 0 Å². The lowest BCUT2D eigenvalue weighted by molar-refractivity contribution is 0.744. The predicted octanol–water partition coefficient (Wildman–Crippen LogP) is 3.12. The fourth-order valence-electron chi connectivity index (χ4n) is 2.22. The van der Waals surface area contributed by atoms with Crippen molar-refractivity contribution < 1.29 is 0 Å². The molecule has 0 aromatic heterocycles. The van der Waals surface area contributed by atoms with E-state index in [1.807, 2.05) is 0 Å². The predicted molar refractivity (Wildman–Crippen MR) is 76.7 cm³/mol. The molecule has 96 valence electrons. The molecule has 0 saturated carbocycles. The summed E-state index contributed by atoms with van der Waals surface area (Å²) in [5.41, 5.74) is 9.71. The molecule has 17 heavy (non-hydrogen) atoms. The van der Waals surface area contributed by atoms with Gasteiger partial charge in [0.25, 0.3) is 0 Å². The molecule has 1 aromatic carbocycles. The molecule has 0 aliphatic carbocycles. The normalized spacial score (nSPS) is 10.6. The first-order chi connectivity index (χ1) is 8.22. The molecule has 0 saturated heterocycles. The van der Waals surface area contributed by atoms with Crippen molar-refractivity contribution in [2.75, 3.05) is 24.5 Å². The summed E-state index contributed by atoms with van der Waals surface area (Å²) in [5, 5.41) is 0. The Morgan fingerprint density at radius 2 is 1.76 bits per heavy atom. The van der Waals surface area contributed by atoms with Gasteiger partial charge in [0.15, 0.2) is 0 Å². The minimum Gasteiger partial charge on any atom is -0.372 e. The average molecular weight is 234 g/mol. The van der Waals surface area contributed by atoms with Crippen LogP contribution in [-0.4, -0.2) is 19.6 Å². The molecule has 0 bridgehead atoms. The van der Waals surface area contributed by atoms with Gasteiger partial charge in [0.05, 0.1) is 0 Å². The van der Waals surface area contributed by atoms with Crippen LogP contribution in [0.25, 0.3) is 0 Å². The smallest absolute Gasteiger partial charge is 0.0369 e. The molecule has 0 spiro atoms. The molecule has 0 radical (unpaired) electrons. The molecule has 0 unspecified atom stereocenters. The minimum atomic E-state index is 0.730. The van der Waals surface area contributed by atoms with Crippen LogP contribution in [0, 0.1) is 6.92 Å². The van der Waals surface area contributed by atoms with Gasteiger partial charge in [0, 0.05) is 18.8 Å². The van der Waals surface area contributed by atoms with Gasteiger partial charge in [0.1, 0.15) is 0 Å². The van der Waals surface area contributed by atoms with E-state index >= 15 is 0 Å². The van der Waals surface area contributed by atoms with E-state index in [0.29, 0.717) is 0 Å². The Kier molecular flexibility index (Phi) is 6.06. The Morgan fingerprint density at radius 3 is 2.24 bits per heavy atom. The quantitative estimate of drug-likeness (QED) is 0.785. The average Bonchev–Trinajstić information content (AvgIpc) is 2.32. The van der Waals surface area contributed by atoms with Crippen molar-refractivity contribution in [2.24, 2.45) is 5.73 Å². The van der Waals surface area contributed by atoms with Crippen LogP contribution in [0.2, 0.25) is 0 Å². The van der Waals surface area contributed by atoms with E-state index in [9.17, 15) is 0 Å². The lowest BCUT2D eigenvalue weighted by Gasteiger charge is -2.24. The molecule has 1 aromatic rings. The molecule has 0 aliphatic heterocycles. The third-order valence-corrected chi connectivity index (χ3v) is 3.09. The van der Waals surface area contributed by atoms with Gasteiger partial charge in [-0.3, -0.25) is 0 Å². The lowest BCUT2D eigenvalue weighted by Crippen LogP contribution is -2.24. The highest BCUT2D eigenvalue weighted by Crippen LogP contribution is 2.20. The van der Waals surface area contributed by atoms with Crippen LogP contribution in [0.5, 0.6) is 0 Å². The molecule has 0 fully saturated rings. The number of nitrogens with two attached hydrogens (primary N) is 1. The zero-order chi connectivity index (χ0) is 12.7. The second-order valence-corrected chi connectivity index (χ2v) is 4.64. The Morgan fingerprint density at radius 1 is 1.12 bits per heavy atom. The Balaban J connectivity index is 2.85. The van der Waals surface area contributed by atoms with Crippen LogP contribution in [-0.2, 0) is 6.42 Å². The number of rotatable bonds is 7. The van der Waals surface area contributed by atoms with Gasteiger partial charge in [-0.15, -0.1) is 0 Å². The van der Waals surface area contributed by atoms with Crippen LogP contribution in [0.4, 0.5) is 5.69 Å². The van der Waals surface area contributed by atoms with Crippen molar-refractivity contribution in [1.29, 1.82) is 0 Å². The van der Waals surface area contributed by atoms with E-state index in [0.717, 1.165) is 26.1 Å². The number of hydrogen-bond acceptors (Lipinski definition) is 2. The Labute approximate surface area is 106 Å². The highest BCUT2D eigenvalue weighted by Gasteiger charge is 2.06. The first-order valence-corrected chi connectivity index (χ1v) is 6.77. The molecule has 2 nitrogen and oxygen atoms in total. The maximum Gasteiger partial charge on any atom is 0.0369 e. The zero-order valence-corrected chi connectivity index (χ0v) is 11.5. The number of nitrogens with zero attached hydrogens (tertiary/aromatic N) is 1. The van der Waals surface area contributed by atoms with Crippen molar-refractivity contribution in [3.63, 3.8) is 0 Å². The topological polar surface area (TPSA) is 29.3 Å². The third-order valence-electron chi connectivity index (χ3n) is 3.09. The van der Waals surface area contributed by atoms with E-state index in [2.05, 4.69) is 43.9 Å². The molecule has 2 N–H and O–H groups in total. The summed E-state index contributed by atoms with van der Waals surface area (Å²) in [6, 6.07) is 6.77. The van der Waals surface area contributed by atoms with Crippen LogP contribution < -0.4 is 10.6 Å². The SMILES string of the molecule is CCCN(CCC)c1ccc(CCN)c(C)c1. The van der Waals surface area contributed by atoms with Crippen molar-refractivity contribution in [1.82, 2.24) is 0 Å². The maximum atomic E-state index is 5.61. The zero-order valence-electron chi connectivity index (χ0n) is 11.5. The van der Waals surface area contributed by atoms with Gasteiger partial charge in [-0.2, -0.15) is 0 Å². The number of anilines is 1. The highest BCUT2D eigenvalue weighted by molar-refractivity contribution is 5.50. The van der Waals surface area contributed by atoms with E-state index in [1.165, 1.54) is 29.7 Å². The summed E-state index contributed by atoms with van der Waals surface area (Å²) < 4.78 is 0. The molecule has 0 aliphatic rings. The second-order valence-electron chi connectivity index (χ2n) is 4.64. The van der Waals surface area contributed by atoms with Crippen molar-refractivity contribution in [2.45, 2.75) is 40.0 Å². The molecule has 0 atom stereocenters. The Bertz CT molecular complexity index is 328. The summed E-state index contributed by atoms with van der Waals surface area (Å²) in [4.78, 5) is 2.47.